The molecule has 0 aromatic carbocycles. The number of nitrogens with zero attached hydrogens (tertiary/aromatic N) is 2. The summed E-state index contributed by atoms with van der Waals surface area (Å²) in [5, 5.41) is 8.44. The Kier molecular flexibility index (Phi) is 3.82. The molecule has 1 rings (SSSR count). The first kappa shape index (κ1) is 13.6. The van der Waals surface area contributed by atoms with Crippen LogP contribution in [-0.2, 0) is 0 Å². The molecule has 1 N–H and O–H groups in total. The van der Waals surface area contributed by atoms with Gasteiger partial charge in [0.05, 0.1) is 10.6 Å². The second kappa shape index (κ2) is 4.79. The Bertz CT molecular complexity index is 437. The molecule has 1 aromatic rings. The zero-order valence-electron chi connectivity index (χ0n) is 8.62. The van der Waals surface area contributed by atoms with Gasteiger partial charge in [0.2, 0.25) is 0 Å². The first-order valence-electron chi connectivity index (χ1n) is 4.38. The van der Waals surface area contributed by atoms with Crippen LogP contribution in [0.2, 0.25) is 5.02 Å². The SMILES string of the molecule is CN(CC(F)(F)F)c1nccc(C(=O)O)c1Cl. The summed E-state index contributed by atoms with van der Waals surface area (Å²) >= 11 is 5.68. The lowest BCUT2D eigenvalue weighted by molar-refractivity contribution is -0.119. The minimum Gasteiger partial charge on any atom is -0.478 e. The van der Waals surface area contributed by atoms with Crippen LogP contribution in [0.5, 0.6) is 0 Å². The number of hydrogen-bond donors (Lipinski definition) is 1. The quantitative estimate of drug-likeness (QED) is 0.915. The molecule has 0 atom stereocenters. The fourth-order valence-corrected chi connectivity index (χ4v) is 1.54. The van der Waals surface area contributed by atoms with Gasteiger partial charge in [-0.2, -0.15) is 13.2 Å². The van der Waals surface area contributed by atoms with Crippen LogP contribution in [0.25, 0.3) is 0 Å². The van der Waals surface area contributed by atoms with E-state index < -0.39 is 18.7 Å². The number of anilines is 1. The molecule has 0 saturated carbocycles. The van der Waals surface area contributed by atoms with E-state index in [0.29, 0.717) is 0 Å². The molecule has 4 nitrogen and oxygen atoms in total. The molecule has 8 heteroatoms. The van der Waals surface area contributed by atoms with Crippen LogP contribution in [0.3, 0.4) is 0 Å². The van der Waals surface area contributed by atoms with Crippen molar-refractivity contribution in [2.24, 2.45) is 0 Å². The molecule has 0 aliphatic heterocycles. The molecule has 0 bridgehead atoms. The first-order valence-corrected chi connectivity index (χ1v) is 4.76. The smallest absolute Gasteiger partial charge is 0.405 e. The van der Waals surface area contributed by atoms with E-state index >= 15 is 0 Å². The fraction of sp³-hybridized carbons (Fsp3) is 0.333. The van der Waals surface area contributed by atoms with Gasteiger partial charge < -0.3 is 10.0 Å². The molecule has 1 heterocycles. The third-order valence-electron chi connectivity index (χ3n) is 1.88. The number of aromatic nitrogens is 1. The second-order valence-corrected chi connectivity index (χ2v) is 3.65. The van der Waals surface area contributed by atoms with Crippen LogP contribution in [0.15, 0.2) is 12.3 Å². The van der Waals surface area contributed by atoms with Crippen LogP contribution in [0.1, 0.15) is 10.4 Å². The Hall–Kier alpha value is -1.50. The van der Waals surface area contributed by atoms with Gasteiger partial charge in [-0.25, -0.2) is 9.78 Å². The van der Waals surface area contributed by atoms with Gasteiger partial charge in [-0.15, -0.1) is 0 Å². The Morgan fingerprint density at radius 2 is 2.18 bits per heavy atom. The molecule has 0 aliphatic carbocycles. The van der Waals surface area contributed by atoms with Crippen LogP contribution in [0.4, 0.5) is 19.0 Å². The number of hydrogen-bond acceptors (Lipinski definition) is 3. The van der Waals surface area contributed by atoms with Crippen LogP contribution in [0, 0.1) is 0 Å². The van der Waals surface area contributed by atoms with Gasteiger partial charge >= 0.3 is 12.1 Å². The van der Waals surface area contributed by atoms with E-state index in [0.717, 1.165) is 24.2 Å². The summed E-state index contributed by atoms with van der Waals surface area (Å²) in [6, 6.07) is 1.12. The molecule has 1 aromatic heterocycles. The number of carboxylic acids is 1. The van der Waals surface area contributed by atoms with E-state index in [1.807, 2.05) is 0 Å². The lowest BCUT2D eigenvalue weighted by atomic mass is 10.2. The Morgan fingerprint density at radius 3 is 2.65 bits per heavy atom. The summed E-state index contributed by atoms with van der Waals surface area (Å²) in [7, 11) is 1.13. The maximum Gasteiger partial charge on any atom is 0.405 e. The highest BCUT2D eigenvalue weighted by Gasteiger charge is 2.31. The highest BCUT2D eigenvalue weighted by Crippen LogP contribution is 2.28. The summed E-state index contributed by atoms with van der Waals surface area (Å²) in [6.07, 6.45) is -3.32. The van der Waals surface area contributed by atoms with Crippen molar-refractivity contribution in [1.29, 1.82) is 0 Å². The van der Waals surface area contributed by atoms with E-state index in [1.165, 1.54) is 0 Å². The molecule has 0 saturated heterocycles. The molecule has 94 valence electrons. The van der Waals surface area contributed by atoms with Crippen LogP contribution >= 0.6 is 11.6 Å². The first-order chi connectivity index (χ1) is 7.72. The van der Waals surface area contributed by atoms with Crippen molar-refractivity contribution in [3.8, 4) is 0 Å². The minimum atomic E-state index is -4.42. The van der Waals surface area contributed by atoms with Gasteiger partial charge in [0.25, 0.3) is 0 Å². The van der Waals surface area contributed by atoms with E-state index in [2.05, 4.69) is 4.98 Å². The average Bonchev–Trinajstić information content (AvgIpc) is 2.14. The van der Waals surface area contributed by atoms with Gasteiger partial charge in [0.1, 0.15) is 12.4 Å². The van der Waals surface area contributed by atoms with Gasteiger partial charge in [-0.3, -0.25) is 0 Å². The molecule has 17 heavy (non-hydrogen) atoms. The highest BCUT2D eigenvalue weighted by molar-refractivity contribution is 6.35. The minimum absolute atomic E-state index is 0.219. The third-order valence-corrected chi connectivity index (χ3v) is 2.25. The van der Waals surface area contributed by atoms with Crippen molar-refractivity contribution < 1.29 is 23.1 Å². The lowest BCUT2D eigenvalue weighted by Gasteiger charge is -2.21. The lowest BCUT2D eigenvalue weighted by Crippen LogP contribution is -2.31. The average molecular weight is 269 g/mol. The number of aromatic carboxylic acids is 1. The van der Waals surface area contributed by atoms with Gasteiger partial charge in [0, 0.05) is 13.2 Å². The number of alkyl halides is 3. The molecule has 0 unspecified atom stereocenters. The van der Waals surface area contributed by atoms with Gasteiger partial charge in [-0.05, 0) is 6.07 Å². The van der Waals surface area contributed by atoms with Crippen molar-refractivity contribution in [3.05, 3.63) is 22.8 Å². The maximum atomic E-state index is 12.2. The highest BCUT2D eigenvalue weighted by atomic mass is 35.5. The van der Waals surface area contributed by atoms with Crippen molar-refractivity contribution in [1.82, 2.24) is 4.98 Å². The molecule has 0 spiro atoms. The number of rotatable bonds is 3. The number of halogens is 4. The van der Waals surface area contributed by atoms with Crippen LogP contribution < -0.4 is 4.90 Å². The van der Waals surface area contributed by atoms with Gasteiger partial charge in [-0.1, -0.05) is 11.6 Å². The second-order valence-electron chi connectivity index (χ2n) is 3.27. The van der Waals surface area contributed by atoms with E-state index in [4.69, 9.17) is 16.7 Å². The van der Waals surface area contributed by atoms with Gasteiger partial charge in [0.15, 0.2) is 0 Å². The van der Waals surface area contributed by atoms with E-state index in [-0.39, 0.29) is 16.4 Å². The molecule has 0 radical (unpaired) electrons. The summed E-state index contributed by atoms with van der Waals surface area (Å²) in [6.45, 7) is -1.26. The summed E-state index contributed by atoms with van der Waals surface area (Å²) in [5.41, 5.74) is -0.286. The fourth-order valence-electron chi connectivity index (χ4n) is 1.21. The Morgan fingerprint density at radius 1 is 1.59 bits per heavy atom. The zero-order valence-corrected chi connectivity index (χ0v) is 9.38. The molecule has 0 fully saturated rings. The summed E-state index contributed by atoms with van der Waals surface area (Å²) in [4.78, 5) is 15.1. The Labute approximate surface area is 99.6 Å². The summed E-state index contributed by atoms with van der Waals surface area (Å²) in [5.74, 6) is -1.54. The molecular formula is C9H8ClF3N2O2. The monoisotopic (exact) mass is 268 g/mol. The molecular weight excluding hydrogens is 261 g/mol. The largest absolute Gasteiger partial charge is 0.478 e. The third kappa shape index (κ3) is 3.48. The van der Waals surface area contributed by atoms with E-state index in [1.54, 1.807) is 0 Å². The van der Waals surface area contributed by atoms with E-state index in [9.17, 15) is 18.0 Å². The van der Waals surface area contributed by atoms with Crippen molar-refractivity contribution in [3.63, 3.8) is 0 Å². The number of carbonyl (C=O) groups is 1. The van der Waals surface area contributed by atoms with Crippen LogP contribution in [-0.4, -0.2) is 35.8 Å². The number of pyridine rings is 1. The van der Waals surface area contributed by atoms with Crippen molar-refractivity contribution in [2.45, 2.75) is 6.18 Å². The predicted octanol–water partition coefficient (Wildman–Crippen LogP) is 2.43. The zero-order chi connectivity index (χ0) is 13.2. The Balaban J connectivity index is 3.07. The molecule has 0 aliphatic rings. The normalized spacial score (nSPS) is 11.4. The van der Waals surface area contributed by atoms with Crippen molar-refractivity contribution in [2.75, 3.05) is 18.5 Å². The standard InChI is InChI=1S/C9H8ClF3N2O2/c1-15(4-9(11,12)13)7-6(10)5(8(16)17)2-3-14-7/h2-3H,4H2,1H3,(H,16,17). The predicted molar refractivity (Wildman–Crippen MR) is 55.5 cm³/mol. The topological polar surface area (TPSA) is 53.4 Å². The molecule has 0 amide bonds. The van der Waals surface area contributed by atoms with Crippen molar-refractivity contribution >= 4 is 23.4 Å². The maximum absolute atomic E-state index is 12.2. The number of carboxylic acid groups (broad SMARTS) is 1. The summed E-state index contributed by atoms with van der Waals surface area (Å²) < 4.78 is 36.5.